The van der Waals surface area contributed by atoms with Gasteiger partial charge in [-0.1, -0.05) is 24.3 Å². The summed E-state index contributed by atoms with van der Waals surface area (Å²) in [6.07, 6.45) is 4.87. The first kappa shape index (κ1) is 20.4. The van der Waals surface area contributed by atoms with Gasteiger partial charge in [-0.3, -0.25) is 0 Å². The molecule has 0 aromatic heterocycles. The predicted molar refractivity (Wildman–Crippen MR) is 93.3 cm³/mol. The van der Waals surface area contributed by atoms with Crippen LogP contribution in [0.1, 0.15) is 13.3 Å². The molecule has 0 fully saturated rings. The van der Waals surface area contributed by atoms with Gasteiger partial charge in [-0.05, 0) is 31.6 Å². The van der Waals surface area contributed by atoms with E-state index in [-0.39, 0.29) is 23.0 Å². The zero-order valence-corrected chi connectivity index (χ0v) is 14.7. The predicted octanol–water partition coefficient (Wildman–Crippen LogP) is 2.58. The minimum Gasteiger partial charge on any atom is -0.463 e. The van der Waals surface area contributed by atoms with Crippen LogP contribution < -0.4 is 0 Å². The van der Waals surface area contributed by atoms with E-state index in [0.717, 1.165) is 18.2 Å². The van der Waals surface area contributed by atoms with E-state index < -0.39 is 21.8 Å². The first-order chi connectivity index (χ1) is 11.9. The quantitative estimate of drug-likeness (QED) is 0.220. The van der Waals surface area contributed by atoms with Crippen LogP contribution in [0.2, 0.25) is 0 Å². The third-order valence-corrected chi connectivity index (χ3v) is 4.63. The Morgan fingerprint density at radius 3 is 2.36 bits per heavy atom. The van der Waals surface area contributed by atoms with Crippen molar-refractivity contribution in [3.63, 3.8) is 0 Å². The minimum absolute atomic E-state index is 0.00442. The zero-order chi connectivity index (χ0) is 18.7. The van der Waals surface area contributed by atoms with Crippen LogP contribution in [0.15, 0.2) is 71.0 Å². The van der Waals surface area contributed by atoms with Gasteiger partial charge in [0.1, 0.15) is 0 Å². The summed E-state index contributed by atoms with van der Waals surface area (Å²) in [5, 5.41) is 0. The van der Waals surface area contributed by atoms with Crippen molar-refractivity contribution in [2.45, 2.75) is 18.2 Å². The van der Waals surface area contributed by atoms with Gasteiger partial charge in [0.25, 0.3) is 0 Å². The van der Waals surface area contributed by atoms with Gasteiger partial charge in [0.05, 0.1) is 23.0 Å². The Morgan fingerprint density at radius 1 is 1.08 bits per heavy atom. The van der Waals surface area contributed by atoms with Crippen molar-refractivity contribution in [1.29, 1.82) is 0 Å². The molecule has 134 valence electrons. The SMILES string of the molecule is C=CCCOC(=O)/C=C/C(=C\C(=O)OCC)S(=O)(=O)c1ccccc1. The Labute approximate surface area is 147 Å². The molecule has 25 heavy (non-hydrogen) atoms. The molecule has 6 nitrogen and oxygen atoms in total. The fourth-order valence-corrected chi connectivity index (χ4v) is 2.98. The summed E-state index contributed by atoms with van der Waals surface area (Å²) < 4.78 is 34.9. The molecule has 0 N–H and O–H groups in total. The second-order valence-electron chi connectivity index (χ2n) is 4.69. The number of hydrogen-bond acceptors (Lipinski definition) is 6. The van der Waals surface area contributed by atoms with Crippen molar-refractivity contribution in [3.05, 3.63) is 66.1 Å². The number of hydrogen-bond donors (Lipinski definition) is 0. The summed E-state index contributed by atoms with van der Waals surface area (Å²) in [5.41, 5.74) is 0. The minimum atomic E-state index is -3.99. The molecule has 0 unspecified atom stereocenters. The first-order valence-corrected chi connectivity index (χ1v) is 9.04. The van der Waals surface area contributed by atoms with Crippen molar-refractivity contribution in [3.8, 4) is 0 Å². The standard InChI is InChI=1S/C18H20O6S/c1-3-5-13-24-17(19)12-11-16(14-18(20)23-4-2)25(21,22)15-9-7-6-8-10-15/h3,6-12,14H,1,4-5,13H2,2H3/b12-11+,16-14+. The number of rotatable bonds is 9. The van der Waals surface area contributed by atoms with Crippen molar-refractivity contribution < 1.29 is 27.5 Å². The molecule has 0 saturated carbocycles. The summed E-state index contributed by atoms with van der Waals surface area (Å²) in [7, 11) is -3.99. The Bertz CT molecular complexity index is 760. The number of esters is 2. The van der Waals surface area contributed by atoms with E-state index in [4.69, 9.17) is 9.47 Å². The lowest BCUT2D eigenvalue weighted by Crippen LogP contribution is -2.09. The average molecular weight is 364 g/mol. The molecule has 1 aromatic carbocycles. The van der Waals surface area contributed by atoms with Crippen LogP contribution in [0, 0.1) is 0 Å². The number of carbonyl (C=O) groups is 2. The van der Waals surface area contributed by atoms with Crippen LogP contribution in [0.4, 0.5) is 0 Å². The molecule has 0 aliphatic rings. The number of carbonyl (C=O) groups excluding carboxylic acids is 2. The largest absolute Gasteiger partial charge is 0.463 e. The van der Waals surface area contributed by atoms with Crippen LogP contribution >= 0.6 is 0 Å². The smallest absolute Gasteiger partial charge is 0.332 e. The summed E-state index contributed by atoms with van der Waals surface area (Å²) in [6, 6.07) is 7.57. The number of benzene rings is 1. The maximum Gasteiger partial charge on any atom is 0.332 e. The summed E-state index contributed by atoms with van der Waals surface area (Å²) in [6.45, 7) is 5.33. The molecule has 0 saturated heterocycles. The molecule has 0 atom stereocenters. The lowest BCUT2D eigenvalue weighted by atomic mass is 10.4. The van der Waals surface area contributed by atoms with Crippen molar-refractivity contribution >= 4 is 21.8 Å². The van der Waals surface area contributed by atoms with E-state index >= 15 is 0 Å². The van der Waals surface area contributed by atoms with Gasteiger partial charge in [0.2, 0.25) is 9.84 Å². The van der Waals surface area contributed by atoms with Gasteiger partial charge in [-0.25, -0.2) is 18.0 Å². The van der Waals surface area contributed by atoms with Crippen LogP contribution in [-0.4, -0.2) is 33.6 Å². The van der Waals surface area contributed by atoms with Crippen molar-refractivity contribution in [2.75, 3.05) is 13.2 Å². The summed E-state index contributed by atoms with van der Waals surface area (Å²) >= 11 is 0. The molecular formula is C18H20O6S. The van der Waals surface area contributed by atoms with Crippen LogP contribution in [0.25, 0.3) is 0 Å². The lowest BCUT2D eigenvalue weighted by Gasteiger charge is -2.06. The summed E-state index contributed by atoms with van der Waals surface area (Å²) in [5.74, 6) is -1.54. The molecule has 7 heteroatoms. The van der Waals surface area contributed by atoms with Gasteiger partial charge in [0, 0.05) is 12.2 Å². The molecular weight excluding hydrogens is 344 g/mol. The van der Waals surface area contributed by atoms with E-state index in [1.165, 1.54) is 12.1 Å². The van der Waals surface area contributed by atoms with Crippen molar-refractivity contribution in [1.82, 2.24) is 0 Å². The topological polar surface area (TPSA) is 86.7 Å². The molecule has 0 spiro atoms. The Hall–Kier alpha value is -2.67. The van der Waals surface area contributed by atoms with Gasteiger partial charge >= 0.3 is 11.9 Å². The molecule has 0 aliphatic carbocycles. The molecule has 0 aliphatic heterocycles. The normalized spacial score (nSPS) is 12.0. The Balaban J connectivity index is 3.12. The van der Waals surface area contributed by atoms with Crippen LogP contribution in [-0.2, 0) is 28.9 Å². The van der Waals surface area contributed by atoms with Gasteiger partial charge in [-0.15, -0.1) is 6.58 Å². The number of ether oxygens (including phenoxy) is 2. The van der Waals surface area contributed by atoms with Crippen LogP contribution in [0.3, 0.4) is 0 Å². The summed E-state index contributed by atoms with van der Waals surface area (Å²) in [4.78, 5) is 22.9. The monoisotopic (exact) mass is 364 g/mol. The van der Waals surface area contributed by atoms with Gasteiger partial charge in [-0.2, -0.15) is 0 Å². The molecule has 0 radical (unpaired) electrons. The highest BCUT2D eigenvalue weighted by atomic mass is 32.2. The fourth-order valence-electron chi connectivity index (χ4n) is 1.69. The third kappa shape index (κ3) is 6.76. The Kier molecular flexibility index (Phi) is 8.35. The molecule has 1 aromatic rings. The molecule has 0 bridgehead atoms. The van der Waals surface area contributed by atoms with Crippen LogP contribution in [0.5, 0.6) is 0 Å². The maximum absolute atomic E-state index is 12.7. The van der Waals surface area contributed by atoms with Crippen molar-refractivity contribution in [2.24, 2.45) is 0 Å². The first-order valence-electron chi connectivity index (χ1n) is 7.56. The fraction of sp³-hybridized carbons (Fsp3) is 0.222. The van der Waals surface area contributed by atoms with E-state index in [1.807, 2.05) is 0 Å². The maximum atomic E-state index is 12.7. The molecule has 0 heterocycles. The third-order valence-electron chi connectivity index (χ3n) is 2.86. The van der Waals surface area contributed by atoms with E-state index in [1.54, 1.807) is 31.2 Å². The highest BCUT2D eigenvalue weighted by Gasteiger charge is 2.20. The van der Waals surface area contributed by atoms with E-state index in [0.29, 0.717) is 6.42 Å². The van der Waals surface area contributed by atoms with E-state index in [2.05, 4.69) is 6.58 Å². The van der Waals surface area contributed by atoms with Gasteiger partial charge in [0.15, 0.2) is 0 Å². The average Bonchev–Trinajstić information content (AvgIpc) is 2.59. The second kappa shape index (κ2) is 10.2. The highest BCUT2D eigenvalue weighted by Crippen LogP contribution is 2.20. The molecule has 0 amide bonds. The second-order valence-corrected chi connectivity index (χ2v) is 6.64. The zero-order valence-electron chi connectivity index (χ0n) is 13.9. The molecule has 1 rings (SSSR count). The van der Waals surface area contributed by atoms with Gasteiger partial charge < -0.3 is 9.47 Å². The number of sulfone groups is 1. The lowest BCUT2D eigenvalue weighted by molar-refractivity contribution is -0.138. The Morgan fingerprint density at radius 2 is 1.76 bits per heavy atom. The number of allylic oxidation sites excluding steroid dienone is 1. The van der Waals surface area contributed by atoms with E-state index in [9.17, 15) is 18.0 Å². The highest BCUT2D eigenvalue weighted by molar-refractivity contribution is 7.95.